The molecule has 140 valence electrons. The first-order valence-corrected chi connectivity index (χ1v) is 9.57. The number of nitrogens with one attached hydrogen (secondary N) is 2. The second-order valence-electron chi connectivity index (χ2n) is 6.13. The summed E-state index contributed by atoms with van der Waals surface area (Å²) in [7, 11) is 0. The van der Waals surface area contributed by atoms with Crippen LogP contribution in [0.25, 0.3) is 0 Å². The van der Waals surface area contributed by atoms with Gasteiger partial charge in [0.05, 0.1) is 23.5 Å². The van der Waals surface area contributed by atoms with Crippen LogP contribution in [0.4, 0.5) is 5.13 Å². The number of aromatic amines is 1. The number of amides is 1. The molecule has 1 saturated heterocycles. The van der Waals surface area contributed by atoms with Crippen LogP contribution in [-0.4, -0.2) is 50.6 Å². The third-order valence-electron chi connectivity index (χ3n) is 4.52. The topological polar surface area (TPSA) is 111 Å². The number of hydrogen-bond donors (Lipinski definition) is 3. The highest BCUT2D eigenvalue weighted by Crippen LogP contribution is 2.34. The van der Waals surface area contributed by atoms with Gasteiger partial charge in [-0.05, 0) is 19.8 Å². The van der Waals surface area contributed by atoms with Crippen molar-refractivity contribution in [2.75, 3.05) is 11.4 Å². The largest absolute Gasteiger partial charge is 0.477 e. The smallest absolute Gasteiger partial charge is 0.347 e. The lowest BCUT2D eigenvalue weighted by molar-refractivity contribution is 0.0700. The molecule has 2 aromatic heterocycles. The van der Waals surface area contributed by atoms with Crippen molar-refractivity contribution in [3.8, 4) is 0 Å². The van der Waals surface area contributed by atoms with Crippen molar-refractivity contribution < 1.29 is 14.7 Å². The molecule has 0 radical (unpaired) electrons. The summed E-state index contributed by atoms with van der Waals surface area (Å²) in [5.74, 6) is -1.05. The fourth-order valence-corrected chi connectivity index (χ4v) is 4.32. The molecular formula is C16H20ClN5O3S. The Morgan fingerprint density at radius 2 is 2.15 bits per heavy atom. The van der Waals surface area contributed by atoms with E-state index in [-0.39, 0.29) is 28.7 Å². The van der Waals surface area contributed by atoms with Crippen molar-refractivity contribution in [2.24, 2.45) is 0 Å². The van der Waals surface area contributed by atoms with Gasteiger partial charge in [-0.15, -0.1) is 0 Å². The number of aromatic nitrogens is 3. The Bertz CT molecular complexity index is 849. The van der Waals surface area contributed by atoms with Gasteiger partial charge < -0.3 is 20.3 Å². The fraction of sp³-hybridized carbons (Fsp3) is 0.500. The van der Waals surface area contributed by atoms with E-state index in [1.54, 1.807) is 6.92 Å². The van der Waals surface area contributed by atoms with Gasteiger partial charge in [-0.25, -0.2) is 14.8 Å². The molecule has 1 aliphatic heterocycles. The first-order valence-electron chi connectivity index (χ1n) is 8.38. The molecular weight excluding hydrogens is 378 g/mol. The van der Waals surface area contributed by atoms with E-state index in [1.165, 1.54) is 0 Å². The maximum absolute atomic E-state index is 12.4. The summed E-state index contributed by atoms with van der Waals surface area (Å²) in [6, 6.07) is 0.00107. The van der Waals surface area contributed by atoms with Gasteiger partial charge in [0.25, 0.3) is 5.91 Å². The van der Waals surface area contributed by atoms with Gasteiger partial charge in [0, 0.05) is 6.54 Å². The Kier molecular flexibility index (Phi) is 5.19. The number of carbonyl (C=O) groups excluding carboxylic acids is 1. The number of carboxylic acid groups (broad SMARTS) is 1. The van der Waals surface area contributed by atoms with Crippen LogP contribution in [0.1, 0.15) is 51.9 Å². The molecule has 8 nitrogen and oxygen atoms in total. The quantitative estimate of drug-likeness (QED) is 0.690. The molecule has 1 amide bonds. The minimum Gasteiger partial charge on any atom is -0.477 e. The summed E-state index contributed by atoms with van der Waals surface area (Å²) in [6.45, 7) is 6.22. The third-order valence-corrected chi connectivity index (χ3v) is 6.01. The number of nitrogens with zero attached hydrogens (tertiary/aromatic N) is 3. The van der Waals surface area contributed by atoms with Crippen LogP contribution in [0.5, 0.6) is 0 Å². The van der Waals surface area contributed by atoms with Crippen molar-refractivity contribution in [1.29, 1.82) is 0 Å². The molecule has 10 heteroatoms. The average molecular weight is 398 g/mol. The van der Waals surface area contributed by atoms with Crippen molar-refractivity contribution >= 4 is 39.9 Å². The lowest BCUT2D eigenvalue weighted by Gasteiger charge is -2.47. The van der Waals surface area contributed by atoms with Gasteiger partial charge in [-0.2, -0.15) is 0 Å². The summed E-state index contributed by atoms with van der Waals surface area (Å²) < 4.78 is 0. The van der Waals surface area contributed by atoms with Gasteiger partial charge in [0.1, 0.15) is 4.88 Å². The Hall–Kier alpha value is -2.13. The molecule has 3 rings (SSSR count). The van der Waals surface area contributed by atoms with Crippen LogP contribution in [0.15, 0.2) is 0 Å². The highest BCUT2D eigenvalue weighted by Gasteiger charge is 2.41. The van der Waals surface area contributed by atoms with E-state index in [0.717, 1.165) is 23.5 Å². The Labute approximate surface area is 159 Å². The first-order chi connectivity index (χ1) is 12.3. The van der Waals surface area contributed by atoms with E-state index in [4.69, 9.17) is 11.6 Å². The van der Waals surface area contributed by atoms with Crippen LogP contribution in [0, 0.1) is 6.92 Å². The zero-order chi connectivity index (χ0) is 19.0. The van der Waals surface area contributed by atoms with E-state index >= 15 is 0 Å². The standard InChI is InChI=1S/C16H20ClN5O3S/c1-4-8-12(17)21-13(19-8)14(23)20-9-6-22(10(9)5-2)16-18-7(3)11(26-16)15(24)25/h9-10H,4-6H2,1-3H3,(H,19,21)(H,20,23)(H,24,25)/t9-,10+/m1/s1. The van der Waals surface area contributed by atoms with Crippen LogP contribution in [-0.2, 0) is 6.42 Å². The molecule has 0 spiro atoms. The molecule has 0 bridgehead atoms. The number of carboxylic acids is 1. The molecule has 3 heterocycles. The molecule has 3 N–H and O–H groups in total. The molecule has 1 aliphatic rings. The number of hydrogen-bond acceptors (Lipinski definition) is 6. The van der Waals surface area contributed by atoms with Gasteiger partial charge in [-0.3, -0.25) is 4.79 Å². The zero-order valence-electron chi connectivity index (χ0n) is 14.7. The molecule has 0 saturated carbocycles. The second-order valence-corrected chi connectivity index (χ2v) is 7.47. The monoisotopic (exact) mass is 397 g/mol. The third kappa shape index (κ3) is 3.28. The number of rotatable bonds is 6. The second kappa shape index (κ2) is 7.24. The summed E-state index contributed by atoms with van der Waals surface area (Å²) in [5, 5.41) is 13.2. The molecule has 0 aliphatic carbocycles. The van der Waals surface area contributed by atoms with E-state index in [9.17, 15) is 14.7 Å². The summed E-state index contributed by atoms with van der Waals surface area (Å²) in [5.41, 5.74) is 1.25. The number of H-pyrrole nitrogens is 1. The van der Waals surface area contributed by atoms with Gasteiger partial charge in [0.2, 0.25) is 0 Å². The molecule has 26 heavy (non-hydrogen) atoms. The van der Waals surface area contributed by atoms with Crippen LogP contribution >= 0.6 is 22.9 Å². The maximum atomic E-state index is 12.4. The number of carbonyl (C=O) groups is 2. The van der Waals surface area contributed by atoms with Crippen molar-refractivity contribution in [1.82, 2.24) is 20.3 Å². The molecule has 0 aromatic carbocycles. The van der Waals surface area contributed by atoms with Crippen molar-refractivity contribution in [3.05, 3.63) is 27.2 Å². The molecule has 2 atom stereocenters. The lowest BCUT2D eigenvalue weighted by atomic mass is 9.94. The Morgan fingerprint density at radius 1 is 1.42 bits per heavy atom. The molecule has 1 fully saturated rings. The Balaban J connectivity index is 1.69. The predicted octanol–water partition coefficient (Wildman–Crippen LogP) is 2.49. The number of aryl methyl sites for hydroxylation is 2. The summed E-state index contributed by atoms with van der Waals surface area (Å²) >= 11 is 7.15. The van der Waals surface area contributed by atoms with Gasteiger partial charge >= 0.3 is 5.97 Å². The minimum absolute atomic E-state index is 0.0565. The minimum atomic E-state index is -0.967. The van der Waals surface area contributed by atoms with Crippen LogP contribution in [0.3, 0.4) is 0 Å². The maximum Gasteiger partial charge on any atom is 0.347 e. The Morgan fingerprint density at radius 3 is 2.69 bits per heavy atom. The number of anilines is 1. The van der Waals surface area contributed by atoms with E-state index in [1.807, 2.05) is 18.7 Å². The SMILES string of the molecule is CCc1[nH]c(C(=O)N[C@@H]2CN(c3nc(C)c(C(=O)O)s3)[C@H]2CC)nc1Cl. The van der Waals surface area contributed by atoms with E-state index < -0.39 is 5.97 Å². The number of imidazole rings is 1. The average Bonchev–Trinajstić information content (AvgIpc) is 3.13. The lowest BCUT2D eigenvalue weighted by Crippen LogP contribution is -2.66. The van der Waals surface area contributed by atoms with Crippen LogP contribution in [0.2, 0.25) is 5.15 Å². The molecule has 2 aromatic rings. The first kappa shape index (κ1) is 18.7. The highest BCUT2D eigenvalue weighted by atomic mass is 35.5. The fourth-order valence-electron chi connectivity index (χ4n) is 3.08. The summed E-state index contributed by atoms with van der Waals surface area (Å²) in [4.78, 5) is 37.3. The van der Waals surface area contributed by atoms with E-state index in [0.29, 0.717) is 28.9 Å². The van der Waals surface area contributed by atoms with Gasteiger partial charge in [-0.1, -0.05) is 36.8 Å². The number of thiazole rings is 1. The van der Waals surface area contributed by atoms with E-state index in [2.05, 4.69) is 20.3 Å². The van der Waals surface area contributed by atoms with Crippen LogP contribution < -0.4 is 10.2 Å². The number of halogens is 1. The van der Waals surface area contributed by atoms with Gasteiger partial charge in [0.15, 0.2) is 16.1 Å². The normalized spacial score (nSPS) is 19.3. The van der Waals surface area contributed by atoms with Crippen molar-refractivity contribution in [2.45, 2.75) is 45.7 Å². The van der Waals surface area contributed by atoms with Crippen molar-refractivity contribution in [3.63, 3.8) is 0 Å². The number of aromatic carboxylic acids is 1. The molecule has 0 unspecified atom stereocenters. The zero-order valence-corrected chi connectivity index (χ0v) is 16.2. The summed E-state index contributed by atoms with van der Waals surface area (Å²) in [6.07, 6.45) is 1.47. The highest BCUT2D eigenvalue weighted by molar-refractivity contribution is 7.17. The predicted molar refractivity (Wildman–Crippen MR) is 99.5 cm³/mol.